The molecule has 0 aliphatic carbocycles. The summed E-state index contributed by atoms with van der Waals surface area (Å²) in [4.78, 5) is 41.4. The zero-order valence-electron chi connectivity index (χ0n) is 12.3. The first-order chi connectivity index (χ1) is 11.1. The number of benzene rings is 1. The van der Waals surface area contributed by atoms with E-state index >= 15 is 0 Å². The van der Waals surface area contributed by atoms with Crippen LogP contribution in [0.4, 0.5) is 4.79 Å². The summed E-state index contributed by atoms with van der Waals surface area (Å²) in [7, 11) is 0. The zero-order chi connectivity index (χ0) is 16.0. The van der Waals surface area contributed by atoms with Gasteiger partial charge in [-0.3, -0.25) is 14.5 Å². The highest BCUT2D eigenvalue weighted by Gasteiger charge is 2.53. The molecule has 1 unspecified atom stereocenters. The van der Waals surface area contributed by atoms with E-state index in [1.807, 2.05) is 24.3 Å². The molecular weight excluding hydrogens is 314 g/mol. The summed E-state index contributed by atoms with van der Waals surface area (Å²) in [6, 6.07) is 6.99. The molecule has 2 aromatic rings. The Labute approximate surface area is 136 Å². The third-order valence-corrected chi connectivity index (χ3v) is 5.65. The van der Waals surface area contributed by atoms with E-state index in [0.717, 1.165) is 21.6 Å². The van der Waals surface area contributed by atoms with Crippen LogP contribution in [0, 0.1) is 0 Å². The Morgan fingerprint density at radius 3 is 2.91 bits per heavy atom. The lowest BCUT2D eigenvalue weighted by Crippen LogP contribution is -2.47. The maximum atomic E-state index is 12.6. The molecule has 23 heavy (non-hydrogen) atoms. The maximum Gasteiger partial charge on any atom is 0.325 e. The van der Waals surface area contributed by atoms with Crippen LogP contribution in [-0.4, -0.2) is 51.2 Å². The largest absolute Gasteiger partial charge is 0.360 e. The Kier molecular flexibility index (Phi) is 3.19. The number of amides is 3. The van der Waals surface area contributed by atoms with E-state index in [9.17, 15) is 14.4 Å². The third-order valence-electron chi connectivity index (χ3n) is 4.46. The van der Waals surface area contributed by atoms with Gasteiger partial charge in [0, 0.05) is 28.4 Å². The second-order valence-corrected chi connectivity index (χ2v) is 6.98. The average Bonchev–Trinajstić information content (AvgIpc) is 3.23. The average molecular weight is 329 g/mol. The molecule has 0 saturated carbocycles. The van der Waals surface area contributed by atoms with Crippen molar-refractivity contribution in [2.45, 2.75) is 12.0 Å². The number of thioether (sulfide) groups is 1. The fourth-order valence-electron chi connectivity index (χ4n) is 3.18. The second-order valence-electron chi connectivity index (χ2n) is 5.88. The normalized spacial score (nSPS) is 23.9. The molecule has 1 atom stereocenters. The number of aromatic amines is 1. The van der Waals surface area contributed by atoms with Crippen molar-refractivity contribution in [3.05, 3.63) is 36.0 Å². The van der Waals surface area contributed by atoms with Gasteiger partial charge in [0.25, 0.3) is 5.91 Å². The maximum absolute atomic E-state index is 12.6. The number of fused-ring (bicyclic) bond motifs is 1. The van der Waals surface area contributed by atoms with Crippen molar-refractivity contribution in [1.29, 1.82) is 0 Å². The monoisotopic (exact) mass is 329 g/mol. The number of imide groups is 1. The summed E-state index contributed by atoms with van der Waals surface area (Å²) in [6.45, 7) is -0.223. The number of para-hydroxylation sites is 1. The summed E-state index contributed by atoms with van der Waals surface area (Å²) < 4.78 is 0. The molecule has 7 heteroatoms. The van der Waals surface area contributed by atoms with Crippen LogP contribution in [0.2, 0.25) is 0 Å². The van der Waals surface area contributed by atoms with Gasteiger partial charge >= 0.3 is 6.03 Å². The van der Waals surface area contributed by atoms with Crippen LogP contribution in [0.15, 0.2) is 30.5 Å². The molecule has 0 radical (unpaired) electrons. The van der Waals surface area contributed by atoms with Crippen LogP contribution >= 0.6 is 11.8 Å². The number of hydrogen-bond donors (Lipinski definition) is 2. The van der Waals surface area contributed by atoms with Gasteiger partial charge in [0.05, 0.1) is 6.54 Å². The van der Waals surface area contributed by atoms with E-state index in [0.29, 0.717) is 17.7 Å². The molecule has 4 rings (SSSR count). The quantitative estimate of drug-likeness (QED) is 0.664. The van der Waals surface area contributed by atoms with E-state index in [2.05, 4.69) is 10.3 Å². The molecule has 0 bridgehead atoms. The van der Waals surface area contributed by atoms with E-state index in [1.54, 1.807) is 18.0 Å². The number of carbonyl (C=O) groups excluding carboxylic acids is 3. The van der Waals surface area contributed by atoms with E-state index in [-0.39, 0.29) is 18.2 Å². The van der Waals surface area contributed by atoms with Gasteiger partial charge in [0.2, 0.25) is 0 Å². The SMILES string of the molecule is O=C(CN1C(=O)NC2(CCSC2)C1=O)c1c[nH]c2ccccc12. The van der Waals surface area contributed by atoms with Crippen LogP contribution in [0.25, 0.3) is 10.9 Å². The standard InChI is InChI=1S/C16H15N3O3S/c20-13(11-7-17-12-4-2-1-3-10(11)12)8-19-14(21)16(18-15(19)22)5-6-23-9-16/h1-4,7,17H,5-6,8-9H2,(H,18,22). The van der Waals surface area contributed by atoms with Gasteiger partial charge in [0.15, 0.2) is 5.78 Å². The van der Waals surface area contributed by atoms with Crippen LogP contribution in [0.5, 0.6) is 0 Å². The van der Waals surface area contributed by atoms with Crippen molar-refractivity contribution < 1.29 is 14.4 Å². The molecule has 2 fully saturated rings. The molecule has 2 N–H and O–H groups in total. The predicted octanol–water partition coefficient (Wildman–Crippen LogP) is 1.78. The minimum Gasteiger partial charge on any atom is -0.360 e. The van der Waals surface area contributed by atoms with Crippen molar-refractivity contribution in [1.82, 2.24) is 15.2 Å². The molecule has 2 aliphatic rings. The minimum atomic E-state index is -0.803. The fourth-order valence-corrected chi connectivity index (χ4v) is 4.51. The lowest BCUT2D eigenvalue weighted by Gasteiger charge is -2.18. The first kappa shape index (κ1) is 14.3. The van der Waals surface area contributed by atoms with E-state index in [1.165, 1.54) is 0 Å². The number of rotatable bonds is 3. The Balaban J connectivity index is 1.59. The van der Waals surface area contributed by atoms with Gasteiger partial charge in [-0.2, -0.15) is 11.8 Å². The van der Waals surface area contributed by atoms with Crippen LogP contribution in [-0.2, 0) is 4.79 Å². The smallest absolute Gasteiger partial charge is 0.325 e. The molecule has 3 heterocycles. The summed E-state index contributed by atoms with van der Waals surface area (Å²) in [5, 5.41) is 3.58. The molecular formula is C16H15N3O3S. The van der Waals surface area contributed by atoms with Crippen molar-refractivity contribution in [2.24, 2.45) is 0 Å². The van der Waals surface area contributed by atoms with Gasteiger partial charge in [-0.25, -0.2) is 4.79 Å². The summed E-state index contributed by atoms with van der Waals surface area (Å²) in [5.74, 6) is 0.903. The van der Waals surface area contributed by atoms with Crippen LogP contribution < -0.4 is 5.32 Å². The summed E-state index contributed by atoms with van der Waals surface area (Å²) in [5.41, 5.74) is 0.557. The summed E-state index contributed by atoms with van der Waals surface area (Å²) in [6.07, 6.45) is 2.26. The molecule has 6 nitrogen and oxygen atoms in total. The first-order valence-electron chi connectivity index (χ1n) is 7.42. The molecule has 2 aliphatic heterocycles. The summed E-state index contributed by atoms with van der Waals surface area (Å²) >= 11 is 1.64. The molecule has 118 valence electrons. The Morgan fingerprint density at radius 1 is 1.30 bits per heavy atom. The van der Waals surface area contributed by atoms with Gasteiger partial charge in [-0.15, -0.1) is 0 Å². The Morgan fingerprint density at radius 2 is 2.13 bits per heavy atom. The number of nitrogens with one attached hydrogen (secondary N) is 2. The predicted molar refractivity (Wildman–Crippen MR) is 87.5 cm³/mol. The number of nitrogens with zero attached hydrogens (tertiary/aromatic N) is 1. The van der Waals surface area contributed by atoms with Crippen LogP contribution in [0.3, 0.4) is 0 Å². The highest BCUT2D eigenvalue weighted by atomic mass is 32.2. The number of aromatic nitrogens is 1. The van der Waals surface area contributed by atoms with Crippen molar-refractivity contribution in [3.8, 4) is 0 Å². The molecule has 1 spiro atoms. The molecule has 3 amide bonds. The van der Waals surface area contributed by atoms with Gasteiger partial charge < -0.3 is 10.3 Å². The Hall–Kier alpha value is -2.28. The number of carbonyl (C=O) groups is 3. The number of Topliss-reactive ketones (excluding diaryl/α,β-unsaturated/α-hetero) is 1. The number of urea groups is 1. The molecule has 1 aromatic heterocycles. The zero-order valence-corrected chi connectivity index (χ0v) is 13.1. The topological polar surface area (TPSA) is 82.3 Å². The van der Waals surface area contributed by atoms with E-state index < -0.39 is 11.6 Å². The van der Waals surface area contributed by atoms with Crippen LogP contribution in [0.1, 0.15) is 16.8 Å². The lowest BCUT2D eigenvalue weighted by atomic mass is 9.99. The number of ketones is 1. The number of H-pyrrole nitrogens is 1. The molecule has 1 aromatic carbocycles. The van der Waals surface area contributed by atoms with E-state index in [4.69, 9.17) is 0 Å². The minimum absolute atomic E-state index is 0.223. The lowest BCUT2D eigenvalue weighted by molar-refractivity contribution is -0.130. The fraction of sp³-hybridized carbons (Fsp3) is 0.312. The van der Waals surface area contributed by atoms with Gasteiger partial charge in [-0.05, 0) is 18.2 Å². The van der Waals surface area contributed by atoms with Crippen molar-refractivity contribution in [2.75, 3.05) is 18.1 Å². The third kappa shape index (κ3) is 2.15. The van der Waals surface area contributed by atoms with Crippen molar-refractivity contribution >= 4 is 40.4 Å². The van der Waals surface area contributed by atoms with Gasteiger partial charge in [-0.1, -0.05) is 18.2 Å². The highest BCUT2D eigenvalue weighted by molar-refractivity contribution is 7.99. The second kappa shape index (κ2) is 5.13. The highest BCUT2D eigenvalue weighted by Crippen LogP contribution is 2.33. The first-order valence-corrected chi connectivity index (χ1v) is 8.57. The number of hydrogen-bond acceptors (Lipinski definition) is 4. The Bertz CT molecular complexity index is 823. The molecule has 2 saturated heterocycles. The van der Waals surface area contributed by atoms with Gasteiger partial charge in [0.1, 0.15) is 5.54 Å². The van der Waals surface area contributed by atoms with Crippen molar-refractivity contribution in [3.63, 3.8) is 0 Å².